The zero-order chi connectivity index (χ0) is 14.1. The van der Waals surface area contributed by atoms with Crippen LogP contribution >= 0.6 is 15.9 Å². The highest BCUT2D eigenvalue weighted by molar-refractivity contribution is 9.10. The normalized spacial score (nSPS) is 28.0. The molecule has 1 aromatic heterocycles. The standard InChI is InChI=1S/C13H18BrFN4O/c14-9-6-17-19(8-9)11-1-3-18(4-2-11)13(20)12-5-10(15)7-16-12/h6,8,10-12,16H,1-5,7H2/t10-,12+/m0/s1. The Balaban J connectivity index is 1.54. The predicted molar refractivity (Wildman–Crippen MR) is 76.1 cm³/mol. The number of nitrogens with zero attached hydrogens (tertiary/aromatic N) is 3. The van der Waals surface area contributed by atoms with Crippen LogP contribution in [0.1, 0.15) is 25.3 Å². The highest BCUT2D eigenvalue weighted by atomic mass is 79.9. The fraction of sp³-hybridized carbons (Fsp3) is 0.692. The molecule has 0 bridgehead atoms. The third-order valence-corrected chi connectivity index (χ3v) is 4.51. The van der Waals surface area contributed by atoms with Gasteiger partial charge in [-0.25, -0.2) is 4.39 Å². The van der Waals surface area contributed by atoms with Crippen LogP contribution in [0.2, 0.25) is 0 Å². The molecule has 20 heavy (non-hydrogen) atoms. The molecule has 2 fully saturated rings. The third-order valence-electron chi connectivity index (χ3n) is 4.10. The first-order chi connectivity index (χ1) is 9.63. The van der Waals surface area contributed by atoms with Gasteiger partial charge < -0.3 is 10.2 Å². The molecule has 110 valence electrons. The van der Waals surface area contributed by atoms with E-state index in [-0.39, 0.29) is 11.9 Å². The molecule has 2 aliphatic heterocycles. The van der Waals surface area contributed by atoms with Crippen molar-refractivity contribution in [2.45, 2.75) is 37.5 Å². The maximum atomic E-state index is 13.1. The van der Waals surface area contributed by atoms with E-state index in [9.17, 15) is 9.18 Å². The van der Waals surface area contributed by atoms with Gasteiger partial charge in [-0.15, -0.1) is 0 Å². The molecule has 3 heterocycles. The fourth-order valence-corrected chi connectivity index (χ4v) is 3.27. The Hall–Kier alpha value is -0.950. The lowest BCUT2D eigenvalue weighted by molar-refractivity contribution is -0.134. The van der Waals surface area contributed by atoms with Crippen molar-refractivity contribution in [3.05, 3.63) is 16.9 Å². The number of piperidine rings is 1. The average Bonchev–Trinajstić information content (AvgIpc) is 3.07. The molecule has 0 radical (unpaired) electrons. The van der Waals surface area contributed by atoms with E-state index in [0.717, 1.165) is 30.4 Å². The lowest BCUT2D eigenvalue weighted by Crippen LogP contribution is -2.47. The van der Waals surface area contributed by atoms with Crippen molar-refractivity contribution in [3.63, 3.8) is 0 Å². The Bertz CT molecular complexity index is 486. The van der Waals surface area contributed by atoms with Gasteiger partial charge in [0.25, 0.3) is 0 Å². The maximum absolute atomic E-state index is 13.1. The second-order valence-corrected chi connectivity index (χ2v) is 6.40. The molecule has 2 atom stereocenters. The summed E-state index contributed by atoms with van der Waals surface area (Å²) in [4.78, 5) is 14.1. The van der Waals surface area contributed by atoms with E-state index in [1.807, 2.05) is 15.8 Å². The van der Waals surface area contributed by atoms with Gasteiger partial charge >= 0.3 is 0 Å². The van der Waals surface area contributed by atoms with Crippen LogP contribution in [0.15, 0.2) is 16.9 Å². The molecule has 0 unspecified atom stereocenters. The number of nitrogens with one attached hydrogen (secondary N) is 1. The first kappa shape index (κ1) is 14.0. The summed E-state index contributed by atoms with van der Waals surface area (Å²) in [5, 5.41) is 7.26. The molecule has 7 heteroatoms. The van der Waals surface area contributed by atoms with E-state index in [0.29, 0.717) is 19.0 Å². The molecular weight excluding hydrogens is 327 g/mol. The molecular formula is C13H18BrFN4O. The highest BCUT2D eigenvalue weighted by Crippen LogP contribution is 2.24. The van der Waals surface area contributed by atoms with E-state index in [1.165, 1.54) is 0 Å². The number of alkyl halides is 1. The zero-order valence-corrected chi connectivity index (χ0v) is 12.7. The minimum absolute atomic E-state index is 0.0465. The van der Waals surface area contributed by atoms with E-state index in [4.69, 9.17) is 0 Å². The van der Waals surface area contributed by atoms with Gasteiger partial charge in [0.1, 0.15) is 6.17 Å². The Labute approximate surface area is 125 Å². The number of amides is 1. The minimum atomic E-state index is -0.886. The van der Waals surface area contributed by atoms with Gasteiger partial charge in [0.05, 0.1) is 22.8 Å². The summed E-state index contributed by atoms with van der Waals surface area (Å²) in [6, 6.07) is 0.0104. The summed E-state index contributed by atoms with van der Waals surface area (Å²) < 4.78 is 16.1. The summed E-state index contributed by atoms with van der Waals surface area (Å²) in [5.74, 6) is 0.0465. The van der Waals surface area contributed by atoms with Gasteiger partial charge in [-0.2, -0.15) is 5.10 Å². The predicted octanol–water partition coefficient (Wildman–Crippen LogP) is 1.51. The van der Waals surface area contributed by atoms with Crippen molar-refractivity contribution in [1.29, 1.82) is 0 Å². The molecule has 1 aromatic rings. The highest BCUT2D eigenvalue weighted by Gasteiger charge is 2.34. The number of carbonyl (C=O) groups excluding carboxylic acids is 1. The van der Waals surface area contributed by atoms with Crippen molar-refractivity contribution in [1.82, 2.24) is 20.0 Å². The van der Waals surface area contributed by atoms with Gasteiger partial charge in [-0.3, -0.25) is 9.48 Å². The summed E-state index contributed by atoms with van der Waals surface area (Å²) in [7, 11) is 0. The van der Waals surface area contributed by atoms with E-state index >= 15 is 0 Å². The maximum Gasteiger partial charge on any atom is 0.239 e. The van der Waals surface area contributed by atoms with Gasteiger partial charge in [0.2, 0.25) is 5.91 Å². The number of hydrogen-bond acceptors (Lipinski definition) is 3. The van der Waals surface area contributed by atoms with Crippen LogP contribution in [0.25, 0.3) is 0 Å². The van der Waals surface area contributed by atoms with Crippen LogP contribution in [-0.2, 0) is 4.79 Å². The molecule has 1 amide bonds. The molecule has 0 saturated carbocycles. The third kappa shape index (κ3) is 2.88. The average molecular weight is 345 g/mol. The smallest absolute Gasteiger partial charge is 0.239 e. The van der Waals surface area contributed by atoms with Crippen LogP contribution in [0.3, 0.4) is 0 Å². The van der Waals surface area contributed by atoms with E-state index in [2.05, 4.69) is 26.3 Å². The molecule has 2 aliphatic rings. The van der Waals surface area contributed by atoms with Gasteiger partial charge in [-0.05, 0) is 28.8 Å². The largest absolute Gasteiger partial charge is 0.341 e. The van der Waals surface area contributed by atoms with Crippen LogP contribution in [-0.4, -0.2) is 52.4 Å². The number of aromatic nitrogens is 2. The van der Waals surface area contributed by atoms with Crippen molar-refractivity contribution >= 4 is 21.8 Å². The molecule has 0 aromatic carbocycles. The van der Waals surface area contributed by atoms with Crippen LogP contribution in [0.5, 0.6) is 0 Å². The molecule has 2 saturated heterocycles. The first-order valence-electron chi connectivity index (χ1n) is 6.99. The number of halogens is 2. The fourth-order valence-electron chi connectivity index (χ4n) is 2.97. The summed E-state index contributed by atoms with van der Waals surface area (Å²) in [6.07, 6.45) is 4.96. The second-order valence-electron chi connectivity index (χ2n) is 5.49. The molecule has 3 rings (SSSR count). The number of carbonyl (C=O) groups is 1. The lowest BCUT2D eigenvalue weighted by Gasteiger charge is -2.33. The van der Waals surface area contributed by atoms with Crippen molar-refractivity contribution in [3.8, 4) is 0 Å². The van der Waals surface area contributed by atoms with E-state index in [1.54, 1.807) is 6.20 Å². The molecule has 0 spiro atoms. The number of hydrogen-bond donors (Lipinski definition) is 1. The van der Waals surface area contributed by atoms with Crippen LogP contribution < -0.4 is 5.32 Å². The Morgan fingerprint density at radius 2 is 2.20 bits per heavy atom. The Morgan fingerprint density at radius 3 is 2.75 bits per heavy atom. The van der Waals surface area contributed by atoms with E-state index < -0.39 is 6.17 Å². The zero-order valence-electron chi connectivity index (χ0n) is 11.1. The molecule has 1 N–H and O–H groups in total. The van der Waals surface area contributed by atoms with Crippen LogP contribution in [0.4, 0.5) is 4.39 Å². The van der Waals surface area contributed by atoms with Gasteiger partial charge in [0.15, 0.2) is 0 Å². The summed E-state index contributed by atoms with van der Waals surface area (Å²) >= 11 is 3.39. The molecule has 5 nitrogen and oxygen atoms in total. The Morgan fingerprint density at radius 1 is 1.45 bits per heavy atom. The number of likely N-dealkylation sites (tertiary alicyclic amines) is 1. The number of rotatable bonds is 2. The summed E-state index contributed by atoms with van der Waals surface area (Å²) in [6.45, 7) is 1.74. The topological polar surface area (TPSA) is 50.2 Å². The van der Waals surface area contributed by atoms with Crippen molar-refractivity contribution in [2.24, 2.45) is 0 Å². The monoisotopic (exact) mass is 344 g/mol. The Kier molecular flexibility index (Phi) is 4.07. The van der Waals surface area contributed by atoms with Crippen molar-refractivity contribution in [2.75, 3.05) is 19.6 Å². The first-order valence-corrected chi connectivity index (χ1v) is 7.78. The lowest BCUT2D eigenvalue weighted by atomic mass is 10.0. The second kappa shape index (κ2) is 5.81. The SMILES string of the molecule is O=C([C@H]1C[C@H](F)CN1)N1CCC(n2cc(Br)cn2)CC1. The molecule has 0 aliphatic carbocycles. The van der Waals surface area contributed by atoms with Gasteiger partial charge in [0, 0.05) is 32.3 Å². The van der Waals surface area contributed by atoms with Crippen molar-refractivity contribution < 1.29 is 9.18 Å². The van der Waals surface area contributed by atoms with Crippen LogP contribution in [0, 0.1) is 0 Å². The van der Waals surface area contributed by atoms with Gasteiger partial charge in [-0.1, -0.05) is 0 Å². The summed E-state index contributed by atoms with van der Waals surface area (Å²) in [5.41, 5.74) is 0. The minimum Gasteiger partial charge on any atom is -0.341 e. The quantitative estimate of drug-likeness (QED) is 0.884.